The quantitative estimate of drug-likeness (QED) is 0.864. The van der Waals surface area contributed by atoms with Gasteiger partial charge in [-0.25, -0.2) is 14.8 Å². The number of benzene rings is 1. The van der Waals surface area contributed by atoms with Gasteiger partial charge in [0.25, 0.3) is 5.91 Å². The number of carbonyl (C=O) groups is 2. The van der Waals surface area contributed by atoms with Crippen LogP contribution in [0.2, 0.25) is 10.0 Å². The van der Waals surface area contributed by atoms with E-state index in [1.54, 1.807) is 26.0 Å². The molecule has 2 rings (SSSR count). The maximum atomic E-state index is 11.7. The molecule has 126 valence electrons. The van der Waals surface area contributed by atoms with E-state index in [0.717, 1.165) is 0 Å². The fraction of sp³-hybridized carbons (Fsp3) is 0.200. The Morgan fingerprint density at radius 2 is 1.79 bits per heavy atom. The van der Waals surface area contributed by atoms with Crippen molar-refractivity contribution in [3.63, 3.8) is 0 Å². The maximum Gasteiger partial charge on any atom is 0.328 e. The van der Waals surface area contributed by atoms with E-state index in [1.807, 2.05) is 0 Å². The molecule has 7 nitrogen and oxygen atoms in total. The molecule has 0 fully saturated rings. The van der Waals surface area contributed by atoms with Crippen molar-refractivity contribution in [2.45, 2.75) is 13.8 Å². The number of aromatic nitrogens is 2. The fourth-order valence-corrected chi connectivity index (χ4v) is 2.28. The molecule has 1 aromatic heterocycles. The summed E-state index contributed by atoms with van der Waals surface area (Å²) in [6.45, 7) is 3.15. The fourth-order valence-electron chi connectivity index (χ4n) is 1.81. The van der Waals surface area contributed by atoms with Gasteiger partial charge in [-0.3, -0.25) is 15.4 Å². The van der Waals surface area contributed by atoms with Crippen LogP contribution in [0, 0.1) is 13.8 Å². The molecular weight excluding hydrogens is 355 g/mol. The molecule has 0 aliphatic carbocycles. The maximum absolute atomic E-state index is 11.7. The van der Waals surface area contributed by atoms with Crippen LogP contribution in [0.1, 0.15) is 11.4 Å². The van der Waals surface area contributed by atoms with Crippen molar-refractivity contribution < 1.29 is 14.3 Å². The zero-order valence-electron chi connectivity index (χ0n) is 12.9. The van der Waals surface area contributed by atoms with E-state index in [4.69, 9.17) is 27.9 Å². The summed E-state index contributed by atoms with van der Waals surface area (Å²) < 4.78 is 5.23. The average Bonchev–Trinajstić information content (AvgIpc) is 2.44. The first kappa shape index (κ1) is 18.0. The topological polar surface area (TPSA) is 93.2 Å². The van der Waals surface area contributed by atoms with Crippen LogP contribution in [0.25, 0.3) is 0 Å². The Morgan fingerprint density at radius 1 is 1.12 bits per heavy atom. The van der Waals surface area contributed by atoms with Gasteiger partial charge in [0.05, 0.1) is 5.02 Å². The Morgan fingerprint density at radius 3 is 2.42 bits per heavy atom. The molecule has 0 radical (unpaired) electrons. The first-order valence-corrected chi connectivity index (χ1v) is 7.60. The highest BCUT2D eigenvalue weighted by molar-refractivity contribution is 6.35. The van der Waals surface area contributed by atoms with E-state index in [1.165, 1.54) is 12.1 Å². The van der Waals surface area contributed by atoms with Gasteiger partial charge in [-0.1, -0.05) is 23.2 Å². The lowest BCUT2D eigenvalue weighted by atomic mass is 10.3. The predicted octanol–water partition coefficient (Wildman–Crippen LogP) is 3.13. The monoisotopic (exact) mass is 368 g/mol. The summed E-state index contributed by atoms with van der Waals surface area (Å²) in [5.41, 5.74) is 1.40. The molecule has 1 heterocycles. The molecule has 0 atom stereocenters. The van der Waals surface area contributed by atoms with Gasteiger partial charge in [0.2, 0.25) is 5.95 Å². The summed E-state index contributed by atoms with van der Waals surface area (Å²) in [6, 6.07) is 5.60. The van der Waals surface area contributed by atoms with E-state index in [9.17, 15) is 9.59 Å². The molecule has 0 spiro atoms. The van der Waals surface area contributed by atoms with Crippen molar-refractivity contribution >= 4 is 41.1 Å². The number of halogens is 2. The second kappa shape index (κ2) is 7.94. The lowest BCUT2D eigenvalue weighted by Gasteiger charge is -2.09. The number of amides is 3. The molecule has 9 heteroatoms. The van der Waals surface area contributed by atoms with Crippen molar-refractivity contribution in [3.05, 3.63) is 45.7 Å². The van der Waals surface area contributed by atoms with Gasteiger partial charge in [0, 0.05) is 16.4 Å². The molecule has 0 aliphatic heterocycles. The van der Waals surface area contributed by atoms with Gasteiger partial charge in [-0.05, 0) is 38.1 Å². The molecule has 0 unspecified atom stereocenters. The molecule has 3 amide bonds. The van der Waals surface area contributed by atoms with Crippen molar-refractivity contribution in [1.29, 1.82) is 0 Å². The van der Waals surface area contributed by atoms with Gasteiger partial charge >= 0.3 is 6.03 Å². The lowest BCUT2D eigenvalue weighted by molar-refractivity contribution is -0.121. The Kier molecular flexibility index (Phi) is 5.94. The first-order chi connectivity index (χ1) is 11.3. The van der Waals surface area contributed by atoms with Gasteiger partial charge in [0.15, 0.2) is 6.61 Å². The number of anilines is 1. The minimum atomic E-state index is -0.754. The van der Waals surface area contributed by atoms with E-state index < -0.39 is 11.9 Å². The SMILES string of the molecule is Cc1cc(C)nc(NC(=O)NC(=O)COc2ccc(Cl)cc2Cl)n1. The van der Waals surface area contributed by atoms with E-state index >= 15 is 0 Å². The molecule has 24 heavy (non-hydrogen) atoms. The standard InChI is InChI=1S/C15H14Cl2N4O3/c1-8-5-9(2)19-14(18-8)21-15(23)20-13(22)7-24-12-4-3-10(16)6-11(12)17/h3-6H,7H2,1-2H3,(H2,18,19,20,21,22,23). The van der Waals surface area contributed by atoms with Crippen LogP contribution in [0.5, 0.6) is 5.75 Å². The number of nitrogens with zero attached hydrogens (tertiary/aromatic N) is 2. The number of carbonyl (C=O) groups excluding carboxylic acids is 2. The third kappa shape index (κ3) is 5.36. The van der Waals surface area contributed by atoms with Gasteiger partial charge in [0.1, 0.15) is 5.75 Å². The molecule has 0 bridgehead atoms. The highest BCUT2D eigenvalue weighted by atomic mass is 35.5. The lowest BCUT2D eigenvalue weighted by Crippen LogP contribution is -2.37. The van der Waals surface area contributed by atoms with E-state index in [2.05, 4.69) is 20.6 Å². The summed E-state index contributed by atoms with van der Waals surface area (Å²) in [5, 5.41) is 5.20. The molecule has 2 N–H and O–H groups in total. The van der Waals surface area contributed by atoms with Crippen molar-refractivity contribution in [2.75, 3.05) is 11.9 Å². The largest absolute Gasteiger partial charge is 0.482 e. The molecular formula is C15H14Cl2N4O3. The molecule has 0 aliphatic rings. The Bertz CT molecular complexity index is 763. The third-order valence-corrected chi connectivity index (χ3v) is 3.24. The molecule has 0 saturated carbocycles. The molecule has 2 aromatic rings. The van der Waals surface area contributed by atoms with Crippen molar-refractivity contribution in [1.82, 2.24) is 15.3 Å². The smallest absolute Gasteiger partial charge is 0.328 e. The second-order valence-corrected chi connectivity index (χ2v) is 5.68. The highest BCUT2D eigenvalue weighted by Crippen LogP contribution is 2.27. The number of hydrogen-bond donors (Lipinski definition) is 2. The zero-order chi connectivity index (χ0) is 17.7. The van der Waals surface area contributed by atoms with Crippen LogP contribution in [0.15, 0.2) is 24.3 Å². The van der Waals surface area contributed by atoms with Crippen LogP contribution in [-0.2, 0) is 4.79 Å². The summed E-state index contributed by atoms with van der Waals surface area (Å²) in [6.07, 6.45) is 0. The van der Waals surface area contributed by atoms with E-state index in [0.29, 0.717) is 16.4 Å². The Hall–Kier alpha value is -2.38. The number of hydrogen-bond acceptors (Lipinski definition) is 5. The van der Waals surface area contributed by atoms with Crippen molar-refractivity contribution in [3.8, 4) is 5.75 Å². The predicted molar refractivity (Wildman–Crippen MR) is 90.6 cm³/mol. The summed E-state index contributed by atoms with van der Waals surface area (Å²) in [4.78, 5) is 31.5. The summed E-state index contributed by atoms with van der Waals surface area (Å²) in [5.74, 6) is -0.253. The zero-order valence-corrected chi connectivity index (χ0v) is 14.4. The highest BCUT2D eigenvalue weighted by Gasteiger charge is 2.11. The Labute approximate surface area is 148 Å². The van der Waals surface area contributed by atoms with Crippen LogP contribution >= 0.6 is 23.2 Å². The number of urea groups is 1. The van der Waals surface area contributed by atoms with Crippen LogP contribution in [-0.4, -0.2) is 28.5 Å². The van der Waals surface area contributed by atoms with Crippen LogP contribution in [0.3, 0.4) is 0 Å². The molecule has 1 aromatic carbocycles. The summed E-state index contributed by atoms with van der Waals surface area (Å²) in [7, 11) is 0. The summed E-state index contributed by atoms with van der Waals surface area (Å²) >= 11 is 11.7. The Balaban J connectivity index is 1.86. The van der Waals surface area contributed by atoms with Crippen LogP contribution < -0.4 is 15.4 Å². The average molecular weight is 369 g/mol. The van der Waals surface area contributed by atoms with Gasteiger partial charge < -0.3 is 4.74 Å². The van der Waals surface area contributed by atoms with Gasteiger partial charge in [-0.15, -0.1) is 0 Å². The van der Waals surface area contributed by atoms with E-state index in [-0.39, 0.29) is 23.3 Å². The normalized spacial score (nSPS) is 10.2. The van der Waals surface area contributed by atoms with Gasteiger partial charge in [-0.2, -0.15) is 0 Å². The minimum absolute atomic E-state index is 0.111. The number of imide groups is 1. The minimum Gasteiger partial charge on any atom is -0.482 e. The van der Waals surface area contributed by atoms with Crippen molar-refractivity contribution in [2.24, 2.45) is 0 Å². The number of aryl methyl sites for hydroxylation is 2. The first-order valence-electron chi connectivity index (χ1n) is 6.84. The second-order valence-electron chi connectivity index (χ2n) is 4.84. The number of nitrogens with one attached hydrogen (secondary N) is 2. The number of rotatable bonds is 4. The molecule has 0 saturated heterocycles. The number of ether oxygens (including phenoxy) is 1. The third-order valence-electron chi connectivity index (χ3n) is 2.71. The van der Waals surface area contributed by atoms with Crippen LogP contribution in [0.4, 0.5) is 10.7 Å².